The minimum Gasteiger partial charge on any atom is -0.399 e. The molecule has 2 heteroatoms. The fourth-order valence-corrected chi connectivity index (χ4v) is 6.74. The Morgan fingerprint density at radius 1 is 0.636 bits per heavy atom. The summed E-state index contributed by atoms with van der Waals surface area (Å²) in [7, 11) is 0. The molecule has 6 rings (SSSR count). The second-order valence-electron chi connectivity index (χ2n) is 10.3. The molecule has 1 spiro atoms. The van der Waals surface area contributed by atoms with Crippen LogP contribution in [0.1, 0.15) is 61.4 Å². The van der Waals surface area contributed by atoms with Crippen molar-refractivity contribution in [1.29, 1.82) is 0 Å². The van der Waals surface area contributed by atoms with Crippen LogP contribution < -0.4 is 16.7 Å². The highest BCUT2D eigenvalue weighted by Gasteiger charge is 2.53. The van der Waals surface area contributed by atoms with Gasteiger partial charge in [-0.1, -0.05) is 124 Å². The molecule has 0 saturated carbocycles. The molecule has 4 aromatic rings. The largest absolute Gasteiger partial charge is 0.399 e. The Labute approximate surface area is 197 Å². The van der Waals surface area contributed by atoms with Gasteiger partial charge in [-0.2, -0.15) is 0 Å². The highest BCUT2D eigenvalue weighted by molar-refractivity contribution is 6.88. The highest BCUT2D eigenvalue weighted by atomic mass is 14.6. The molecule has 0 fully saturated rings. The van der Waals surface area contributed by atoms with Crippen LogP contribution in [0.5, 0.6) is 0 Å². The molecule has 0 amide bonds. The number of anilines is 1. The van der Waals surface area contributed by atoms with E-state index < -0.39 is 0 Å². The summed E-state index contributed by atoms with van der Waals surface area (Å²) in [5.74, 6) is 0.832. The van der Waals surface area contributed by atoms with E-state index in [0.717, 1.165) is 5.69 Å². The first-order valence-electron chi connectivity index (χ1n) is 12.2. The molecule has 0 unspecified atom stereocenters. The van der Waals surface area contributed by atoms with E-state index in [1.54, 1.807) is 0 Å². The van der Waals surface area contributed by atoms with Gasteiger partial charge in [-0.25, -0.2) is 0 Å². The first-order valence-corrected chi connectivity index (χ1v) is 12.2. The van der Waals surface area contributed by atoms with Crippen molar-refractivity contribution in [3.8, 4) is 11.1 Å². The van der Waals surface area contributed by atoms with Gasteiger partial charge < -0.3 is 5.73 Å². The lowest BCUT2D eigenvalue weighted by Gasteiger charge is -2.44. The van der Waals surface area contributed by atoms with Crippen molar-refractivity contribution < 1.29 is 0 Å². The maximum absolute atomic E-state index is 7.08. The monoisotopic (exact) mass is 427 g/mol. The number of nitrogen functional groups attached to an aromatic ring is 1. The van der Waals surface area contributed by atoms with Crippen molar-refractivity contribution in [2.24, 2.45) is 0 Å². The summed E-state index contributed by atoms with van der Waals surface area (Å²) >= 11 is 0. The van der Waals surface area contributed by atoms with Crippen molar-refractivity contribution in [2.45, 2.75) is 44.8 Å². The average Bonchev–Trinajstić information content (AvgIpc) is 3.11. The van der Waals surface area contributed by atoms with Gasteiger partial charge in [-0.15, -0.1) is 0 Å². The Morgan fingerprint density at radius 3 is 1.76 bits per heavy atom. The van der Waals surface area contributed by atoms with Gasteiger partial charge in [-0.3, -0.25) is 0 Å². The number of hydrogen-bond acceptors (Lipinski definition) is 1. The van der Waals surface area contributed by atoms with Gasteiger partial charge in [0.15, 0.2) is 0 Å². The van der Waals surface area contributed by atoms with Crippen LogP contribution >= 0.6 is 0 Å². The third kappa shape index (κ3) is 2.50. The molecule has 0 aromatic heterocycles. The Balaban J connectivity index is 1.85. The first-order chi connectivity index (χ1) is 16.0. The van der Waals surface area contributed by atoms with Gasteiger partial charge in [0, 0.05) is 5.69 Å². The van der Waals surface area contributed by atoms with Crippen LogP contribution in [0.4, 0.5) is 5.69 Å². The molecule has 0 radical (unpaired) electrons. The normalized spacial score (nSPS) is 14.9. The lowest BCUT2D eigenvalue weighted by atomic mass is 9.28. The summed E-state index contributed by atoms with van der Waals surface area (Å²) in [6.45, 7) is 9.44. The Hall–Kier alpha value is -3.26. The van der Waals surface area contributed by atoms with Crippen LogP contribution in [0.2, 0.25) is 5.82 Å². The molecule has 0 atom stereocenters. The van der Waals surface area contributed by atoms with Gasteiger partial charge in [0.2, 0.25) is 6.71 Å². The van der Waals surface area contributed by atoms with Crippen LogP contribution in [0.25, 0.3) is 11.1 Å². The van der Waals surface area contributed by atoms with E-state index in [-0.39, 0.29) is 12.1 Å². The fourth-order valence-electron chi connectivity index (χ4n) is 6.74. The summed E-state index contributed by atoms with van der Waals surface area (Å²) in [5.41, 5.74) is 19.9. The zero-order valence-electron chi connectivity index (χ0n) is 19.9. The van der Waals surface area contributed by atoms with Crippen LogP contribution in [-0.2, 0) is 5.41 Å². The smallest absolute Gasteiger partial charge is 0.215 e. The number of benzene rings is 4. The maximum atomic E-state index is 7.08. The summed E-state index contributed by atoms with van der Waals surface area (Å²) in [6.07, 6.45) is 0. The third-order valence-corrected chi connectivity index (χ3v) is 7.98. The van der Waals surface area contributed by atoms with E-state index >= 15 is 0 Å². The zero-order chi connectivity index (χ0) is 22.9. The molecule has 162 valence electrons. The van der Waals surface area contributed by atoms with Crippen molar-refractivity contribution >= 4 is 23.3 Å². The molecular weight excluding hydrogens is 397 g/mol. The molecular formula is C31H30BN. The zero-order valence-corrected chi connectivity index (χ0v) is 19.9. The van der Waals surface area contributed by atoms with E-state index in [2.05, 4.69) is 113 Å². The van der Waals surface area contributed by atoms with Gasteiger partial charge in [0.25, 0.3) is 0 Å². The lowest BCUT2D eigenvalue weighted by Crippen LogP contribution is -2.58. The van der Waals surface area contributed by atoms with E-state index in [4.69, 9.17) is 5.73 Å². The Kier molecular flexibility index (Phi) is 4.39. The van der Waals surface area contributed by atoms with Crippen LogP contribution in [0.3, 0.4) is 0 Å². The van der Waals surface area contributed by atoms with Crippen molar-refractivity contribution in [3.63, 3.8) is 0 Å². The minimum absolute atomic E-state index is 0.278. The van der Waals surface area contributed by atoms with Crippen LogP contribution in [-0.4, -0.2) is 6.71 Å². The number of hydrogen-bond donors (Lipinski definition) is 1. The third-order valence-electron chi connectivity index (χ3n) is 7.98. The number of nitrogens with two attached hydrogens (primary N) is 1. The number of fused-ring (bicyclic) bond motifs is 9. The van der Waals surface area contributed by atoms with Crippen LogP contribution in [0, 0.1) is 0 Å². The predicted molar refractivity (Wildman–Crippen MR) is 142 cm³/mol. The molecule has 1 heterocycles. The molecule has 1 aliphatic heterocycles. The highest BCUT2D eigenvalue weighted by Crippen LogP contribution is 2.57. The molecule has 1 aliphatic carbocycles. The Bertz CT molecular complexity index is 1350. The fraction of sp³-hybridized carbons (Fsp3) is 0.226. The van der Waals surface area contributed by atoms with Crippen molar-refractivity contribution in [3.05, 3.63) is 113 Å². The Morgan fingerprint density at radius 2 is 1.18 bits per heavy atom. The molecule has 4 aromatic carbocycles. The molecule has 33 heavy (non-hydrogen) atoms. The van der Waals surface area contributed by atoms with E-state index in [1.165, 1.54) is 49.9 Å². The van der Waals surface area contributed by atoms with Gasteiger partial charge >= 0.3 is 0 Å². The summed E-state index contributed by atoms with van der Waals surface area (Å²) < 4.78 is 0. The predicted octanol–water partition coefficient (Wildman–Crippen LogP) is 6.09. The van der Waals surface area contributed by atoms with Crippen LogP contribution in [0.15, 0.2) is 84.9 Å². The molecule has 2 aliphatic rings. The SMILES string of the molecule is CC(C)B1c2ccccc2C2(c3ccccc3-c3ccccc32)c2ccc(C(C)C)c(N)c21. The van der Waals surface area contributed by atoms with Gasteiger partial charge in [0.05, 0.1) is 5.41 Å². The van der Waals surface area contributed by atoms with E-state index in [0.29, 0.717) is 11.7 Å². The maximum Gasteiger partial charge on any atom is 0.215 e. The minimum atomic E-state index is -0.339. The summed E-state index contributed by atoms with van der Waals surface area (Å²) in [6, 6.07) is 31.7. The standard InChI is InChI=1S/C31H30BN/c1-19(2)21-17-18-27-29(30(21)33)32(20(3)4)28-16-10-9-15-26(28)31(27)24-13-7-5-11-22(24)23-12-6-8-14-25(23)31/h5-20H,33H2,1-4H3. The molecule has 0 bridgehead atoms. The van der Waals surface area contributed by atoms with Crippen molar-refractivity contribution in [1.82, 2.24) is 0 Å². The summed E-state index contributed by atoms with van der Waals surface area (Å²) in [5, 5.41) is 0. The second kappa shape index (κ2) is 7.12. The van der Waals surface area contributed by atoms with Gasteiger partial charge in [0.1, 0.15) is 0 Å². The lowest BCUT2D eigenvalue weighted by molar-refractivity contribution is 0.770. The van der Waals surface area contributed by atoms with Gasteiger partial charge in [-0.05, 0) is 50.3 Å². The van der Waals surface area contributed by atoms with Crippen molar-refractivity contribution in [2.75, 3.05) is 5.73 Å². The number of rotatable bonds is 2. The van der Waals surface area contributed by atoms with E-state index in [9.17, 15) is 0 Å². The quantitative estimate of drug-likeness (QED) is 0.268. The average molecular weight is 427 g/mol. The topological polar surface area (TPSA) is 26.0 Å². The first kappa shape index (κ1) is 20.4. The molecule has 1 nitrogen and oxygen atoms in total. The molecule has 2 N–H and O–H groups in total. The summed E-state index contributed by atoms with van der Waals surface area (Å²) in [4.78, 5) is 0. The van der Waals surface area contributed by atoms with E-state index in [1.807, 2.05) is 0 Å². The molecule has 0 saturated heterocycles. The second-order valence-corrected chi connectivity index (χ2v) is 10.3.